The van der Waals surface area contributed by atoms with Crippen LogP contribution in [0, 0.1) is 6.92 Å². The summed E-state index contributed by atoms with van der Waals surface area (Å²) in [6.45, 7) is 6.27. The highest BCUT2D eigenvalue weighted by Gasteiger charge is 2.04. The Morgan fingerprint density at radius 3 is 2.24 bits per heavy atom. The quantitative estimate of drug-likeness (QED) is 0.857. The normalized spacial score (nSPS) is 10.8. The van der Waals surface area contributed by atoms with Gasteiger partial charge in [-0.15, -0.1) is 0 Å². The van der Waals surface area contributed by atoms with E-state index in [1.54, 1.807) is 6.07 Å². The van der Waals surface area contributed by atoms with E-state index in [4.69, 9.17) is 5.73 Å². The molecule has 0 bridgehead atoms. The fraction of sp³-hybridized carbons (Fsp3) is 0.286. The number of benzene rings is 1. The first kappa shape index (κ1) is 11.6. The molecule has 0 atom stereocenters. The second-order valence-corrected chi connectivity index (χ2v) is 4.53. The second kappa shape index (κ2) is 4.53. The molecule has 0 amide bonds. The van der Waals surface area contributed by atoms with Crippen LogP contribution in [0.4, 0.5) is 5.82 Å². The Hall–Kier alpha value is -1.90. The smallest absolute Gasteiger partial charge is 0.161 e. The van der Waals surface area contributed by atoms with Crippen molar-refractivity contribution in [3.63, 3.8) is 0 Å². The molecular weight excluding hydrogens is 210 g/mol. The molecule has 0 fully saturated rings. The van der Waals surface area contributed by atoms with Crippen molar-refractivity contribution >= 4 is 5.82 Å². The number of hydrogen-bond acceptors (Lipinski definition) is 3. The molecule has 2 N–H and O–H groups in total. The third kappa shape index (κ3) is 2.61. The molecule has 0 unspecified atom stereocenters. The molecule has 3 nitrogen and oxygen atoms in total. The molecule has 17 heavy (non-hydrogen) atoms. The number of aryl methyl sites for hydroxylation is 1. The van der Waals surface area contributed by atoms with Crippen molar-refractivity contribution in [1.82, 2.24) is 9.97 Å². The van der Waals surface area contributed by atoms with Crippen LogP contribution in [0.5, 0.6) is 0 Å². The molecule has 0 spiro atoms. The van der Waals surface area contributed by atoms with Crippen LogP contribution in [0.25, 0.3) is 11.4 Å². The van der Waals surface area contributed by atoms with Gasteiger partial charge in [0.25, 0.3) is 0 Å². The lowest BCUT2D eigenvalue weighted by atomic mass is 10.0. The van der Waals surface area contributed by atoms with E-state index in [0.717, 1.165) is 11.3 Å². The molecule has 2 rings (SSSR count). The summed E-state index contributed by atoms with van der Waals surface area (Å²) >= 11 is 0. The lowest BCUT2D eigenvalue weighted by Crippen LogP contribution is -1.97. The van der Waals surface area contributed by atoms with E-state index in [1.165, 1.54) is 5.56 Å². The Balaban J connectivity index is 2.39. The van der Waals surface area contributed by atoms with Crippen molar-refractivity contribution in [3.05, 3.63) is 41.6 Å². The molecule has 1 aromatic heterocycles. The fourth-order valence-electron chi connectivity index (χ4n) is 1.74. The van der Waals surface area contributed by atoms with E-state index in [2.05, 4.69) is 35.9 Å². The summed E-state index contributed by atoms with van der Waals surface area (Å²) in [7, 11) is 0. The van der Waals surface area contributed by atoms with Crippen LogP contribution in [0.3, 0.4) is 0 Å². The van der Waals surface area contributed by atoms with Crippen LogP contribution in [0.15, 0.2) is 30.3 Å². The Labute approximate surface area is 102 Å². The molecule has 1 aromatic carbocycles. The summed E-state index contributed by atoms with van der Waals surface area (Å²) in [6.07, 6.45) is 0. The minimum Gasteiger partial charge on any atom is -0.384 e. The van der Waals surface area contributed by atoms with Gasteiger partial charge in [-0.25, -0.2) is 9.97 Å². The zero-order valence-electron chi connectivity index (χ0n) is 10.4. The molecule has 0 saturated heterocycles. The molecule has 0 aliphatic carbocycles. The van der Waals surface area contributed by atoms with E-state index in [0.29, 0.717) is 17.6 Å². The Morgan fingerprint density at radius 2 is 1.71 bits per heavy atom. The van der Waals surface area contributed by atoms with Gasteiger partial charge in [-0.3, -0.25) is 0 Å². The number of nitrogens with zero attached hydrogens (tertiary/aromatic N) is 2. The fourth-order valence-corrected chi connectivity index (χ4v) is 1.74. The summed E-state index contributed by atoms with van der Waals surface area (Å²) in [6, 6.07) is 10.1. The van der Waals surface area contributed by atoms with E-state index >= 15 is 0 Å². The van der Waals surface area contributed by atoms with Crippen molar-refractivity contribution in [2.45, 2.75) is 26.7 Å². The maximum atomic E-state index is 5.72. The monoisotopic (exact) mass is 227 g/mol. The molecule has 88 valence electrons. The summed E-state index contributed by atoms with van der Waals surface area (Å²) in [5.74, 6) is 1.74. The average Bonchev–Trinajstić information content (AvgIpc) is 2.28. The predicted molar refractivity (Wildman–Crippen MR) is 70.7 cm³/mol. The molecule has 0 aliphatic rings. The number of rotatable bonds is 2. The van der Waals surface area contributed by atoms with Crippen LogP contribution < -0.4 is 5.73 Å². The molecule has 3 heteroatoms. The van der Waals surface area contributed by atoms with Crippen LogP contribution in [-0.4, -0.2) is 9.97 Å². The van der Waals surface area contributed by atoms with Crippen molar-refractivity contribution < 1.29 is 0 Å². The number of anilines is 1. The highest BCUT2D eigenvalue weighted by molar-refractivity contribution is 5.57. The second-order valence-electron chi connectivity index (χ2n) is 4.53. The van der Waals surface area contributed by atoms with Crippen LogP contribution in [-0.2, 0) is 0 Å². The van der Waals surface area contributed by atoms with Gasteiger partial charge in [-0.05, 0) is 18.4 Å². The number of nitrogens with two attached hydrogens (primary N) is 1. The standard InChI is InChI=1S/C14H17N3/c1-9(2)11-4-6-12(7-5-11)14-16-10(3)8-13(15)17-14/h4-9H,1-3H3,(H2,15,16,17). The zero-order valence-corrected chi connectivity index (χ0v) is 10.4. The SMILES string of the molecule is Cc1cc(N)nc(-c2ccc(C(C)C)cc2)n1. The van der Waals surface area contributed by atoms with Crippen LogP contribution in [0.1, 0.15) is 31.0 Å². The number of nitrogen functional groups attached to an aromatic ring is 1. The molecule has 2 aromatic rings. The summed E-state index contributed by atoms with van der Waals surface area (Å²) in [5, 5.41) is 0. The van der Waals surface area contributed by atoms with Gasteiger partial charge in [0.15, 0.2) is 5.82 Å². The first-order valence-electron chi connectivity index (χ1n) is 5.78. The Morgan fingerprint density at radius 1 is 1.06 bits per heavy atom. The van der Waals surface area contributed by atoms with Crippen molar-refractivity contribution in [3.8, 4) is 11.4 Å². The minimum absolute atomic E-state index is 0.514. The lowest BCUT2D eigenvalue weighted by Gasteiger charge is -2.07. The number of aromatic nitrogens is 2. The topological polar surface area (TPSA) is 51.8 Å². The van der Waals surface area contributed by atoms with Gasteiger partial charge in [0.05, 0.1) is 0 Å². The van der Waals surface area contributed by atoms with Gasteiger partial charge in [-0.1, -0.05) is 38.1 Å². The third-order valence-corrected chi connectivity index (χ3v) is 2.71. The van der Waals surface area contributed by atoms with Gasteiger partial charge in [0, 0.05) is 17.3 Å². The van der Waals surface area contributed by atoms with Crippen molar-refractivity contribution in [2.75, 3.05) is 5.73 Å². The van der Waals surface area contributed by atoms with Gasteiger partial charge in [-0.2, -0.15) is 0 Å². The van der Waals surface area contributed by atoms with E-state index in [1.807, 2.05) is 19.1 Å². The Kier molecular flexibility index (Phi) is 3.09. The van der Waals surface area contributed by atoms with Gasteiger partial charge >= 0.3 is 0 Å². The van der Waals surface area contributed by atoms with Crippen LogP contribution in [0.2, 0.25) is 0 Å². The van der Waals surface area contributed by atoms with Crippen LogP contribution >= 0.6 is 0 Å². The highest BCUT2D eigenvalue weighted by atomic mass is 14.9. The van der Waals surface area contributed by atoms with Gasteiger partial charge in [0.1, 0.15) is 5.82 Å². The molecule has 0 radical (unpaired) electrons. The largest absolute Gasteiger partial charge is 0.384 e. The lowest BCUT2D eigenvalue weighted by molar-refractivity contribution is 0.867. The van der Waals surface area contributed by atoms with E-state index < -0.39 is 0 Å². The summed E-state index contributed by atoms with van der Waals surface area (Å²) in [5.41, 5.74) is 8.93. The van der Waals surface area contributed by atoms with Gasteiger partial charge < -0.3 is 5.73 Å². The van der Waals surface area contributed by atoms with Gasteiger partial charge in [0.2, 0.25) is 0 Å². The first-order valence-corrected chi connectivity index (χ1v) is 5.78. The number of hydrogen-bond donors (Lipinski definition) is 1. The molecule has 0 aliphatic heterocycles. The maximum absolute atomic E-state index is 5.72. The molecule has 1 heterocycles. The average molecular weight is 227 g/mol. The van der Waals surface area contributed by atoms with Crippen molar-refractivity contribution in [2.24, 2.45) is 0 Å². The van der Waals surface area contributed by atoms with E-state index in [-0.39, 0.29) is 0 Å². The third-order valence-electron chi connectivity index (χ3n) is 2.71. The summed E-state index contributed by atoms with van der Waals surface area (Å²) < 4.78 is 0. The predicted octanol–water partition coefficient (Wildman–Crippen LogP) is 3.16. The molecule has 0 saturated carbocycles. The summed E-state index contributed by atoms with van der Waals surface area (Å²) in [4.78, 5) is 8.63. The Bertz CT molecular complexity index is 495. The highest BCUT2D eigenvalue weighted by Crippen LogP contribution is 2.20. The van der Waals surface area contributed by atoms with Crippen molar-refractivity contribution in [1.29, 1.82) is 0 Å². The zero-order chi connectivity index (χ0) is 12.4. The van der Waals surface area contributed by atoms with E-state index in [9.17, 15) is 0 Å². The maximum Gasteiger partial charge on any atom is 0.161 e. The first-order chi connectivity index (χ1) is 8.06. The minimum atomic E-state index is 0.514. The molecular formula is C14H17N3.